The molecule has 1 saturated heterocycles. The van der Waals surface area contributed by atoms with E-state index in [0.29, 0.717) is 24.3 Å². The zero-order valence-corrected chi connectivity index (χ0v) is 15.2. The minimum Gasteiger partial charge on any atom is -0.356 e. The fraction of sp³-hybridized carbons (Fsp3) is 0.312. The Labute approximate surface area is 149 Å². The third-order valence-corrected chi connectivity index (χ3v) is 6.76. The average molecular weight is 383 g/mol. The molecule has 0 atom stereocenters. The van der Waals surface area contributed by atoms with Crippen LogP contribution in [0.4, 0.5) is 10.1 Å². The number of carbonyl (C=O) groups is 1. The standard InChI is InChI=1S/C16H18FN3O3S2/c1-11-2-3-12(8-14(11)17)19-16(21)15-9-13(10-18-15)25(22,23)20-4-6-24-7-5-20/h2-3,8-10,18H,4-7H2,1H3,(H,19,21). The number of aromatic nitrogens is 1. The number of aryl methyl sites for hydroxylation is 1. The number of carbonyl (C=O) groups excluding carboxylic acids is 1. The first-order valence-electron chi connectivity index (χ1n) is 7.72. The second kappa shape index (κ2) is 7.19. The number of thioether (sulfide) groups is 1. The summed E-state index contributed by atoms with van der Waals surface area (Å²) in [6.07, 6.45) is 1.31. The first-order chi connectivity index (χ1) is 11.9. The molecule has 0 spiro atoms. The molecule has 2 aromatic rings. The minimum absolute atomic E-state index is 0.0552. The van der Waals surface area contributed by atoms with Crippen LogP contribution in [0.5, 0.6) is 0 Å². The summed E-state index contributed by atoms with van der Waals surface area (Å²) < 4.78 is 40.1. The zero-order chi connectivity index (χ0) is 18.0. The molecule has 134 valence electrons. The SMILES string of the molecule is Cc1ccc(NC(=O)c2cc(S(=O)(=O)N3CCSCC3)c[nH]2)cc1F. The molecular formula is C16H18FN3O3S2. The molecule has 0 saturated carbocycles. The molecule has 0 unspecified atom stereocenters. The fourth-order valence-corrected chi connectivity index (χ4v) is 5.03. The van der Waals surface area contributed by atoms with Gasteiger partial charge in [0.1, 0.15) is 16.4 Å². The monoisotopic (exact) mass is 383 g/mol. The normalized spacial score (nSPS) is 15.9. The second-order valence-electron chi connectivity index (χ2n) is 5.68. The maximum Gasteiger partial charge on any atom is 0.272 e. The number of hydrogen-bond donors (Lipinski definition) is 2. The number of nitrogens with one attached hydrogen (secondary N) is 2. The third-order valence-electron chi connectivity index (χ3n) is 3.94. The van der Waals surface area contributed by atoms with E-state index in [1.54, 1.807) is 30.8 Å². The third kappa shape index (κ3) is 3.88. The summed E-state index contributed by atoms with van der Waals surface area (Å²) in [6, 6.07) is 5.67. The highest BCUT2D eigenvalue weighted by molar-refractivity contribution is 7.99. The molecule has 0 aliphatic carbocycles. The van der Waals surface area contributed by atoms with Gasteiger partial charge in [-0.2, -0.15) is 16.1 Å². The van der Waals surface area contributed by atoms with Crippen LogP contribution in [0.3, 0.4) is 0 Å². The van der Waals surface area contributed by atoms with E-state index in [1.165, 1.54) is 22.6 Å². The number of amides is 1. The predicted molar refractivity (Wildman–Crippen MR) is 96.0 cm³/mol. The van der Waals surface area contributed by atoms with Crippen LogP contribution in [-0.4, -0.2) is 48.2 Å². The van der Waals surface area contributed by atoms with Gasteiger partial charge in [0.25, 0.3) is 5.91 Å². The Morgan fingerprint density at radius 1 is 1.28 bits per heavy atom. The molecule has 1 aromatic carbocycles. The van der Waals surface area contributed by atoms with E-state index in [1.807, 2.05) is 0 Å². The summed E-state index contributed by atoms with van der Waals surface area (Å²) in [4.78, 5) is 15.0. The van der Waals surface area contributed by atoms with Crippen molar-refractivity contribution < 1.29 is 17.6 Å². The first-order valence-corrected chi connectivity index (χ1v) is 10.3. The number of hydrogen-bond acceptors (Lipinski definition) is 4. The van der Waals surface area contributed by atoms with Crippen LogP contribution in [0, 0.1) is 12.7 Å². The quantitative estimate of drug-likeness (QED) is 0.850. The van der Waals surface area contributed by atoms with Crippen LogP contribution in [-0.2, 0) is 10.0 Å². The van der Waals surface area contributed by atoms with Gasteiger partial charge in [-0.3, -0.25) is 4.79 Å². The molecule has 1 fully saturated rings. The Hall–Kier alpha value is -1.84. The summed E-state index contributed by atoms with van der Waals surface area (Å²) in [5.74, 6) is 0.570. The molecule has 1 aromatic heterocycles. The van der Waals surface area contributed by atoms with Gasteiger partial charge in [0, 0.05) is 36.5 Å². The van der Waals surface area contributed by atoms with Gasteiger partial charge < -0.3 is 10.3 Å². The van der Waals surface area contributed by atoms with Crippen molar-refractivity contribution in [2.75, 3.05) is 29.9 Å². The van der Waals surface area contributed by atoms with Gasteiger partial charge in [-0.15, -0.1) is 0 Å². The van der Waals surface area contributed by atoms with Crippen molar-refractivity contribution in [1.29, 1.82) is 0 Å². The molecule has 1 aliphatic rings. The fourth-order valence-electron chi connectivity index (χ4n) is 2.46. The lowest BCUT2D eigenvalue weighted by atomic mass is 10.2. The van der Waals surface area contributed by atoms with Gasteiger partial charge in [0.2, 0.25) is 10.0 Å². The molecule has 1 amide bonds. The van der Waals surface area contributed by atoms with E-state index in [9.17, 15) is 17.6 Å². The lowest BCUT2D eigenvalue weighted by molar-refractivity contribution is 0.102. The number of nitrogens with zero attached hydrogens (tertiary/aromatic N) is 1. The highest BCUT2D eigenvalue weighted by atomic mass is 32.2. The largest absolute Gasteiger partial charge is 0.356 e. The average Bonchev–Trinajstić information content (AvgIpc) is 3.10. The van der Waals surface area contributed by atoms with Crippen LogP contribution in [0.15, 0.2) is 35.4 Å². The van der Waals surface area contributed by atoms with Crippen molar-refractivity contribution in [3.63, 3.8) is 0 Å². The Balaban J connectivity index is 1.76. The topological polar surface area (TPSA) is 82.3 Å². The van der Waals surface area contributed by atoms with Gasteiger partial charge in [-0.1, -0.05) is 6.07 Å². The van der Waals surface area contributed by atoms with Crippen molar-refractivity contribution >= 4 is 33.4 Å². The summed E-state index contributed by atoms with van der Waals surface area (Å²) in [7, 11) is -3.61. The van der Waals surface area contributed by atoms with Crippen molar-refractivity contribution in [1.82, 2.24) is 9.29 Å². The number of anilines is 1. The summed E-state index contributed by atoms with van der Waals surface area (Å²) in [5.41, 5.74) is 0.886. The van der Waals surface area contributed by atoms with Crippen LogP contribution in [0.2, 0.25) is 0 Å². The van der Waals surface area contributed by atoms with E-state index >= 15 is 0 Å². The Bertz CT molecular complexity index is 890. The number of sulfonamides is 1. The molecule has 9 heteroatoms. The minimum atomic E-state index is -3.61. The molecule has 2 N–H and O–H groups in total. The molecule has 3 rings (SSSR count). The first kappa shape index (κ1) is 18.0. The Morgan fingerprint density at radius 2 is 2.00 bits per heavy atom. The van der Waals surface area contributed by atoms with Gasteiger partial charge in [0.15, 0.2) is 0 Å². The maximum atomic E-state index is 13.6. The van der Waals surface area contributed by atoms with Crippen molar-refractivity contribution in [2.45, 2.75) is 11.8 Å². The van der Waals surface area contributed by atoms with E-state index in [0.717, 1.165) is 11.5 Å². The number of benzene rings is 1. The van der Waals surface area contributed by atoms with Crippen LogP contribution >= 0.6 is 11.8 Å². The lowest BCUT2D eigenvalue weighted by Gasteiger charge is -2.24. The Kier molecular flexibility index (Phi) is 5.16. The number of aromatic amines is 1. The molecule has 6 nitrogen and oxygen atoms in total. The van der Waals surface area contributed by atoms with Gasteiger partial charge in [-0.05, 0) is 30.7 Å². The predicted octanol–water partition coefficient (Wildman–Crippen LogP) is 2.45. The molecule has 0 radical (unpaired) electrons. The van der Waals surface area contributed by atoms with Gasteiger partial charge >= 0.3 is 0 Å². The maximum absolute atomic E-state index is 13.6. The number of rotatable bonds is 4. The van der Waals surface area contributed by atoms with E-state index in [4.69, 9.17) is 0 Å². The summed E-state index contributed by atoms with van der Waals surface area (Å²) in [6.45, 7) is 2.55. The molecule has 25 heavy (non-hydrogen) atoms. The molecule has 2 heterocycles. The smallest absolute Gasteiger partial charge is 0.272 e. The van der Waals surface area contributed by atoms with Gasteiger partial charge in [0.05, 0.1) is 0 Å². The van der Waals surface area contributed by atoms with Crippen molar-refractivity contribution in [3.8, 4) is 0 Å². The second-order valence-corrected chi connectivity index (χ2v) is 8.85. The Morgan fingerprint density at radius 3 is 2.68 bits per heavy atom. The molecular weight excluding hydrogens is 365 g/mol. The zero-order valence-electron chi connectivity index (χ0n) is 13.6. The van der Waals surface area contributed by atoms with Gasteiger partial charge in [-0.25, -0.2) is 12.8 Å². The highest BCUT2D eigenvalue weighted by Crippen LogP contribution is 2.21. The van der Waals surface area contributed by atoms with Crippen molar-refractivity contribution in [3.05, 3.63) is 47.5 Å². The number of H-pyrrole nitrogens is 1. The van der Waals surface area contributed by atoms with Crippen LogP contribution in [0.1, 0.15) is 16.1 Å². The van der Waals surface area contributed by atoms with Crippen LogP contribution in [0.25, 0.3) is 0 Å². The van der Waals surface area contributed by atoms with E-state index < -0.39 is 21.7 Å². The molecule has 0 bridgehead atoms. The molecule has 1 aliphatic heterocycles. The van der Waals surface area contributed by atoms with Crippen LogP contribution < -0.4 is 5.32 Å². The summed E-state index contributed by atoms with van der Waals surface area (Å²) >= 11 is 1.71. The summed E-state index contributed by atoms with van der Waals surface area (Å²) in [5, 5.41) is 2.55. The van der Waals surface area contributed by atoms with Crippen molar-refractivity contribution in [2.24, 2.45) is 0 Å². The number of halogens is 1. The van der Waals surface area contributed by atoms with E-state index in [-0.39, 0.29) is 10.6 Å². The van der Waals surface area contributed by atoms with E-state index in [2.05, 4.69) is 10.3 Å². The highest BCUT2D eigenvalue weighted by Gasteiger charge is 2.27. The lowest BCUT2D eigenvalue weighted by Crippen LogP contribution is -2.37.